The maximum atomic E-state index is 12.6. The minimum absolute atomic E-state index is 0.408. The molecule has 1 saturated heterocycles. The molecule has 1 unspecified atom stereocenters. The van der Waals surface area contributed by atoms with E-state index in [1.54, 1.807) is 22.5 Å². The monoisotopic (exact) mass is 281 g/mol. The van der Waals surface area contributed by atoms with Gasteiger partial charge >= 0.3 is 0 Å². The maximum absolute atomic E-state index is 12.6. The van der Waals surface area contributed by atoms with E-state index in [0.29, 0.717) is 30.5 Å². The Kier molecular flexibility index (Phi) is 3.27. The Labute approximate surface area is 114 Å². The predicted octanol–water partition coefficient (Wildman–Crippen LogP) is 2.04. The average molecular weight is 281 g/mol. The lowest BCUT2D eigenvalue weighted by molar-refractivity contribution is 0.281. The zero-order valence-corrected chi connectivity index (χ0v) is 11.9. The van der Waals surface area contributed by atoms with E-state index >= 15 is 0 Å². The van der Waals surface area contributed by atoms with E-state index in [1.807, 2.05) is 0 Å². The van der Waals surface area contributed by atoms with Gasteiger partial charge in [0.2, 0.25) is 10.0 Å². The van der Waals surface area contributed by atoms with Gasteiger partial charge in [-0.3, -0.25) is 0 Å². The molecule has 2 heterocycles. The van der Waals surface area contributed by atoms with Crippen LogP contribution in [0.5, 0.6) is 5.75 Å². The quantitative estimate of drug-likeness (QED) is 0.833. The molecule has 3 rings (SSSR count). The van der Waals surface area contributed by atoms with Crippen molar-refractivity contribution in [2.24, 2.45) is 5.92 Å². The smallest absolute Gasteiger partial charge is 0.243 e. The van der Waals surface area contributed by atoms with Crippen LogP contribution < -0.4 is 4.74 Å². The van der Waals surface area contributed by atoms with Crippen molar-refractivity contribution in [3.05, 3.63) is 23.8 Å². The molecule has 1 fully saturated rings. The second-order valence-corrected chi connectivity index (χ2v) is 7.42. The van der Waals surface area contributed by atoms with Crippen molar-refractivity contribution in [2.45, 2.75) is 31.1 Å². The molecule has 0 aromatic heterocycles. The van der Waals surface area contributed by atoms with Gasteiger partial charge in [-0.15, -0.1) is 0 Å². The lowest BCUT2D eigenvalue weighted by atomic mass is 10.0. The zero-order chi connectivity index (χ0) is 13.5. The topological polar surface area (TPSA) is 46.6 Å². The summed E-state index contributed by atoms with van der Waals surface area (Å²) in [7, 11) is -3.34. The number of rotatable bonds is 2. The summed E-state index contributed by atoms with van der Waals surface area (Å²) in [5.41, 5.74) is 1.01. The van der Waals surface area contributed by atoms with Gasteiger partial charge in [0.1, 0.15) is 5.75 Å². The van der Waals surface area contributed by atoms with Crippen LogP contribution in [0.25, 0.3) is 0 Å². The van der Waals surface area contributed by atoms with Gasteiger partial charge in [0.05, 0.1) is 11.5 Å². The van der Waals surface area contributed by atoms with Crippen molar-refractivity contribution in [1.82, 2.24) is 4.31 Å². The molecule has 1 aromatic carbocycles. The number of ether oxygens (including phenoxy) is 1. The molecule has 5 heteroatoms. The highest BCUT2D eigenvalue weighted by Crippen LogP contribution is 2.30. The Morgan fingerprint density at radius 2 is 2.21 bits per heavy atom. The van der Waals surface area contributed by atoms with E-state index in [4.69, 9.17) is 4.74 Å². The number of piperidine rings is 1. The zero-order valence-electron chi connectivity index (χ0n) is 11.1. The first-order valence-corrected chi connectivity index (χ1v) is 8.27. The van der Waals surface area contributed by atoms with E-state index in [-0.39, 0.29) is 0 Å². The van der Waals surface area contributed by atoms with Crippen molar-refractivity contribution >= 4 is 10.0 Å². The van der Waals surface area contributed by atoms with E-state index in [0.717, 1.165) is 30.6 Å². The molecule has 0 bridgehead atoms. The molecule has 104 valence electrons. The van der Waals surface area contributed by atoms with Crippen LogP contribution in [0, 0.1) is 5.92 Å². The number of sulfonamides is 1. The normalized spacial score (nSPS) is 23.9. The minimum Gasteiger partial charge on any atom is -0.493 e. The highest BCUT2D eigenvalue weighted by Gasteiger charge is 2.29. The van der Waals surface area contributed by atoms with Crippen molar-refractivity contribution in [1.29, 1.82) is 0 Å². The Morgan fingerprint density at radius 3 is 3.00 bits per heavy atom. The molecule has 19 heavy (non-hydrogen) atoms. The van der Waals surface area contributed by atoms with Crippen LogP contribution in [0.4, 0.5) is 0 Å². The van der Waals surface area contributed by atoms with Gasteiger partial charge in [0.25, 0.3) is 0 Å². The van der Waals surface area contributed by atoms with Crippen LogP contribution in [0.3, 0.4) is 0 Å². The van der Waals surface area contributed by atoms with Gasteiger partial charge in [-0.1, -0.05) is 6.92 Å². The molecule has 1 atom stereocenters. The number of hydrogen-bond donors (Lipinski definition) is 0. The Bertz CT molecular complexity index is 582. The Balaban J connectivity index is 1.91. The van der Waals surface area contributed by atoms with E-state index in [2.05, 4.69) is 6.92 Å². The Hall–Kier alpha value is -1.07. The third kappa shape index (κ3) is 2.37. The van der Waals surface area contributed by atoms with Gasteiger partial charge in [0.15, 0.2) is 0 Å². The second-order valence-electron chi connectivity index (χ2n) is 5.48. The van der Waals surface area contributed by atoms with Crippen LogP contribution in [-0.4, -0.2) is 32.4 Å². The highest BCUT2D eigenvalue weighted by molar-refractivity contribution is 7.89. The molecule has 1 aromatic rings. The molecule has 0 spiro atoms. The van der Waals surface area contributed by atoms with E-state index in [9.17, 15) is 8.42 Å². The lowest BCUT2D eigenvalue weighted by Crippen LogP contribution is -2.39. The third-order valence-electron chi connectivity index (χ3n) is 3.92. The fourth-order valence-electron chi connectivity index (χ4n) is 2.84. The number of nitrogens with zero attached hydrogens (tertiary/aromatic N) is 1. The lowest BCUT2D eigenvalue weighted by Gasteiger charge is -2.30. The maximum Gasteiger partial charge on any atom is 0.243 e. The molecule has 0 N–H and O–H groups in total. The van der Waals surface area contributed by atoms with Gasteiger partial charge in [-0.2, -0.15) is 4.31 Å². The standard InChI is InChI=1S/C14H19NO3S/c1-11-3-2-7-15(10-11)19(16,17)13-4-5-14-12(9-13)6-8-18-14/h4-5,9,11H,2-3,6-8,10H2,1H3. The van der Waals surface area contributed by atoms with Crippen molar-refractivity contribution < 1.29 is 13.2 Å². The average Bonchev–Trinajstić information content (AvgIpc) is 2.85. The van der Waals surface area contributed by atoms with Crippen LogP contribution in [0.1, 0.15) is 25.3 Å². The largest absolute Gasteiger partial charge is 0.493 e. The summed E-state index contributed by atoms with van der Waals surface area (Å²) in [6, 6.07) is 5.22. The van der Waals surface area contributed by atoms with Crippen LogP contribution in [0.15, 0.2) is 23.1 Å². The first kappa shape index (κ1) is 12.9. The highest BCUT2D eigenvalue weighted by atomic mass is 32.2. The summed E-state index contributed by atoms with van der Waals surface area (Å²) in [6.45, 7) is 4.04. The summed E-state index contributed by atoms with van der Waals surface area (Å²) in [4.78, 5) is 0.408. The number of fused-ring (bicyclic) bond motifs is 1. The molecular formula is C14H19NO3S. The molecular weight excluding hydrogens is 262 g/mol. The molecule has 0 amide bonds. The van der Waals surface area contributed by atoms with Gasteiger partial charge in [-0.05, 0) is 42.5 Å². The van der Waals surface area contributed by atoms with Gasteiger partial charge in [-0.25, -0.2) is 8.42 Å². The minimum atomic E-state index is -3.34. The molecule has 0 aliphatic carbocycles. The predicted molar refractivity (Wildman–Crippen MR) is 72.8 cm³/mol. The van der Waals surface area contributed by atoms with E-state index < -0.39 is 10.0 Å². The first-order valence-electron chi connectivity index (χ1n) is 6.83. The first-order chi connectivity index (χ1) is 9.07. The van der Waals surface area contributed by atoms with E-state index in [1.165, 1.54) is 0 Å². The van der Waals surface area contributed by atoms with Crippen LogP contribution in [-0.2, 0) is 16.4 Å². The molecule has 2 aliphatic heterocycles. The summed E-state index contributed by atoms with van der Waals surface area (Å²) in [5.74, 6) is 1.27. The Morgan fingerprint density at radius 1 is 1.37 bits per heavy atom. The summed E-state index contributed by atoms with van der Waals surface area (Å²) >= 11 is 0. The summed E-state index contributed by atoms with van der Waals surface area (Å²) in [5, 5.41) is 0. The SMILES string of the molecule is CC1CCCN(S(=O)(=O)c2ccc3c(c2)CCO3)C1. The fraction of sp³-hybridized carbons (Fsp3) is 0.571. The van der Waals surface area contributed by atoms with Gasteiger partial charge < -0.3 is 4.74 Å². The van der Waals surface area contributed by atoms with Gasteiger partial charge in [0, 0.05) is 19.5 Å². The second kappa shape index (κ2) is 4.80. The molecule has 2 aliphatic rings. The fourth-order valence-corrected chi connectivity index (χ4v) is 4.49. The molecule has 0 saturated carbocycles. The van der Waals surface area contributed by atoms with Crippen LogP contribution in [0.2, 0.25) is 0 Å². The molecule has 0 radical (unpaired) electrons. The van der Waals surface area contributed by atoms with Crippen molar-refractivity contribution in [3.8, 4) is 5.75 Å². The number of benzene rings is 1. The van der Waals surface area contributed by atoms with Crippen LogP contribution >= 0.6 is 0 Å². The summed E-state index contributed by atoms with van der Waals surface area (Å²) in [6.07, 6.45) is 2.87. The summed E-state index contributed by atoms with van der Waals surface area (Å²) < 4.78 is 32.3. The number of hydrogen-bond acceptors (Lipinski definition) is 3. The molecule has 4 nitrogen and oxygen atoms in total. The third-order valence-corrected chi connectivity index (χ3v) is 5.78. The van der Waals surface area contributed by atoms with Crippen molar-refractivity contribution in [2.75, 3.05) is 19.7 Å². The van der Waals surface area contributed by atoms with Crippen molar-refractivity contribution in [3.63, 3.8) is 0 Å².